The SMILES string of the molecule is CCOCCCNC(=O)c1cccc(NC(=O)c2ccc(OCc3nccn3C)cc2)c1. The molecule has 3 rings (SSSR count). The third kappa shape index (κ3) is 6.68. The topological polar surface area (TPSA) is 94.5 Å². The van der Waals surface area contributed by atoms with Gasteiger partial charge < -0.3 is 24.7 Å². The fourth-order valence-electron chi connectivity index (χ4n) is 2.95. The summed E-state index contributed by atoms with van der Waals surface area (Å²) in [7, 11) is 1.90. The third-order valence-electron chi connectivity index (χ3n) is 4.74. The van der Waals surface area contributed by atoms with Crippen LogP contribution < -0.4 is 15.4 Å². The predicted octanol–water partition coefficient (Wildman–Crippen LogP) is 3.41. The molecule has 0 bridgehead atoms. The molecule has 168 valence electrons. The lowest BCUT2D eigenvalue weighted by molar-refractivity contribution is 0.0943. The number of aryl methyl sites for hydroxylation is 1. The Morgan fingerprint density at radius 1 is 1.06 bits per heavy atom. The van der Waals surface area contributed by atoms with Crippen LogP contribution >= 0.6 is 0 Å². The van der Waals surface area contributed by atoms with Gasteiger partial charge in [0.1, 0.15) is 18.2 Å². The van der Waals surface area contributed by atoms with Gasteiger partial charge in [-0.15, -0.1) is 0 Å². The summed E-state index contributed by atoms with van der Waals surface area (Å²) in [5, 5.41) is 5.68. The second-order valence-electron chi connectivity index (χ2n) is 7.11. The first-order chi connectivity index (χ1) is 15.6. The van der Waals surface area contributed by atoms with E-state index in [1.165, 1.54) is 0 Å². The van der Waals surface area contributed by atoms with Crippen LogP contribution in [-0.4, -0.2) is 41.1 Å². The third-order valence-corrected chi connectivity index (χ3v) is 4.74. The Labute approximate surface area is 187 Å². The molecule has 1 heterocycles. The second-order valence-corrected chi connectivity index (χ2v) is 7.11. The molecule has 2 aromatic carbocycles. The zero-order chi connectivity index (χ0) is 22.8. The monoisotopic (exact) mass is 436 g/mol. The van der Waals surface area contributed by atoms with E-state index in [9.17, 15) is 9.59 Å². The number of anilines is 1. The Morgan fingerprint density at radius 3 is 2.59 bits per heavy atom. The molecule has 0 atom stereocenters. The van der Waals surface area contributed by atoms with Crippen LogP contribution in [0.2, 0.25) is 0 Å². The van der Waals surface area contributed by atoms with Gasteiger partial charge in [0, 0.05) is 56.0 Å². The first kappa shape index (κ1) is 23.0. The molecule has 0 aliphatic rings. The van der Waals surface area contributed by atoms with Crippen LogP contribution in [-0.2, 0) is 18.4 Å². The number of hydrogen-bond donors (Lipinski definition) is 2. The number of hydrogen-bond acceptors (Lipinski definition) is 5. The van der Waals surface area contributed by atoms with E-state index >= 15 is 0 Å². The molecule has 0 unspecified atom stereocenters. The molecule has 2 amide bonds. The molecule has 1 aromatic heterocycles. The summed E-state index contributed by atoms with van der Waals surface area (Å²) in [5.74, 6) is 0.999. The number of carbonyl (C=O) groups excluding carboxylic acids is 2. The van der Waals surface area contributed by atoms with Crippen LogP contribution in [0.4, 0.5) is 5.69 Å². The fourth-order valence-corrected chi connectivity index (χ4v) is 2.95. The second kappa shape index (κ2) is 11.7. The number of amides is 2. The molecule has 0 fully saturated rings. The van der Waals surface area contributed by atoms with Gasteiger partial charge in [0.25, 0.3) is 11.8 Å². The molecule has 0 saturated heterocycles. The average molecular weight is 437 g/mol. The van der Waals surface area contributed by atoms with Crippen molar-refractivity contribution in [3.05, 3.63) is 77.9 Å². The normalized spacial score (nSPS) is 10.6. The van der Waals surface area contributed by atoms with Crippen LogP contribution in [0.1, 0.15) is 39.9 Å². The van der Waals surface area contributed by atoms with E-state index in [0.29, 0.717) is 48.9 Å². The number of nitrogens with zero attached hydrogens (tertiary/aromatic N) is 2. The van der Waals surface area contributed by atoms with Crippen molar-refractivity contribution in [2.45, 2.75) is 20.0 Å². The van der Waals surface area contributed by atoms with Gasteiger partial charge in [0.15, 0.2) is 0 Å². The molecule has 3 aromatic rings. The van der Waals surface area contributed by atoms with Gasteiger partial charge in [-0.1, -0.05) is 6.07 Å². The van der Waals surface area contributed by atoms with Gasteiger partial charge in [0.05, 0.1) is 0 Å². The molecule has 0 spiro atoms. The summed E-state index contributed by atoms with van der Waals surface area (Å²) < 4.78 is 12.9. The van der Waals surface area contributed by atoms with Gasteiger partial charge >= 0.3 is 0 Å². The summed E-state index contributed by atoms with van der Waals surface area (Å²) in [6.07, 6.45) is 4.32. The summed E-state index contributed by atoms with van der Waals surface area (Å²) in [5.41, 5.74) is 1.52. The summed E-state index contributed by atoms with van der Waals surface area (Å²) in [6.45, 7) is 4.08. The minimum absolute atomic E-state index is 0.188. The first-order valence-corrected chi connectivity index (χ1v) is 10.5. The number of imidazole rings is 1. The maximum Gasteiger partial charge on any atom is 0.255 e. The van der Waals surface area contributed by atoms with Gasteiger partial charge in [-0.3, -0.25) is 9.59 Å². The highest BCUT2D eigenvalue weighted by Gasteiger charge is 2.10. The Morgan fingerprint density at radius 2 is 1.88 bits per heavy atom. The van der Waals surface area contributed by atoms with E-state index in [2.05, 4.69) is 15.6 Å². The van der Waals surface area contributed by atoms with Crippen LogP contribution in [0, 0.1) is 0 Å². The highest BCUT2D eigenvalue weighted by molar-refractivity contribution is 6.05. The molecule has 0 radical (unpaired) electrons. The van der Waals surface area contributed by atoms with Gasteiger partial charge in [-0.25, -0.2) is 4.98 Å². The molecule has 0 aliphatic heterocycles. The van der Waals surface area contributed by atoms with Crippen molar-refractivity contribution in [2.24, 2.45) is 7.05 Å². The van der Waals surface area contributed by atoms with Gasteiger partial charge in [-0.2, -0.15) is 0 Å². The van der Waals surface area contributed by atoms with Crippen molar-refractivity contribution < 1.29 is 19.1 Å². The quantitative estimate of drug-likeness (QED) is 0.449. The van der Waals surface area contributed by atoms with Crippen LogP contribution in [0.15, 0.2) is 60.9 Å². The highest BCUT2D eigenvalue weighted by atomic mass is 16.5. The fraction of sp³-hybridized carbons (Fsp3) is 0.292. The minimum Gasteiger partial charge on any atom is -0.486 e. The van der Waals surface area contributed by atoms with E-state index in [4.69, 9.17) is 9.47 Å². The number of benzene rings is 2. The van der Waals surface area contributed by atoms with Crippen molar-refractivity contribution in [3.8, 4) is 5.75 Å². The Hall–Kier alpha value is -3.65. The van der Waals surface area contributed by atoms with Crippen molar-refractivity contribution >= 4 is 17.5 Å². The highest BCUT2D eigenvalue weighted by Crippen LogP contribution is 2.16. The number of rotatable bonds is 11. The van der Waals surface area contributed by atoms with E-state index in [0.717, 1.165) is 12.2 Å². The summed E-state index contributed by atoms with van der Waals surface area (Å²) in [4.78, 5) is 29.1. The largest absolute Gasteiger partial charge is 0.486 e. The lowest BCUT2D eigenvalue weighted by atomic mass is 10.1. The lowest BCUT2D eigenvalue weighted by Crippen LogP contribution is -2.25. The lowest BCUT2D eigenvalue weighted by Gasteiger charge is -2.10. The summed E-state index contributed by atoms with van der Waals surface area (Å²) >= 11 is 0. The van der Waals surface area contributed by atoms with Crippen LogP contribution in [0.3, 0.4) is 0 Å². The molecule has 0 saturated carbocycles. The minimum atomic E-state index is -0.269. The summed E-state index contributed by atoms with van der Waals surface area (Å²) in [6, 6.07) is 13.7. The van der Waals surface area contributed by atoms with Crippen LogP contribution in [0.25, 0.3) is 0 Å². The Bertz CT molecular complexity index is 1030. The maximum absolute atomic E-state index is 12.6. The van der Waals surface area contributed by atoms with Gasteiger partial charge in [-0.05, 0) is 55.8 Å². The number of ether oxygens (including phenoxy) is 2. The smallest absolute Gasteiger partial charge is 0.255 e. The standard InChI is InChI=1S/C24H28N4O4/c1-3-31-15-5-12-26-23(29)19-6-4-7-20(16-19)27-24(30)18-8-10-21(11-9-18)32-17-22-25-13-14-28(22)2/h4,6-11,13-14,16H,3,5,12,15,17H2,1-2H3,(H,26,29)(H,27,30). The number of aromatic nitrogens is 2. The first-order valence-electron chi connectivity index (χ1n) is 10.5. The van der Waals surface area contributed by atoms with Gasteiger partial charge in [0.2, 0.25) is 0 Å². The molecular weight excluding hydrogens is 408 g/mol. The zero-order valence-corrected chi connectivity index (χ0v) is 18.3. The number of carbonyl (C=O) groups is 2. The molecule has 8 nitrogen and oxygen atoms in total. The zero-order valence-electron chi connectivity index (χ0n) is 18.3. The molecule has 32 heavy (non-hydrogen) atoms. The molecule has 2 N–H and O–H groups in total. The molecular formula is C24H28N4O4. The predicted molar refractivity (Wildman–Crippen MR) is 122 cm³/mol. The number of nitrogens with one attached hydrogen (secondary N) is 2. The van der Waals surface area contributed by atoms with Crippen LogP contribution in [0.5, 0.6) is 5.75 Å². The van der Waals surface area contributed by atoms with E-state index in [1.807, 2.05) is 24.7 Å². The average Bonchev–Trinajstić information content (AvgIpc) is 3.22. The molecule has 8 heteroatoms. The van der Waals surface area contributed by atoms with E-state index < -0.39 is 0 Å². The van der Waals surface area contributed by atoms with Crippen molar-refractivity contribution in [3.63, 3.8) is 0 Å². The maximum atomic E-state index is 12.6. The Kier molecular flexibility index (Phi) is 8.39. The van der Waals surface area contributed by atoms with Crippen molar-refractivity contribution in [1.29, 1.82) is 0 Å². The molecule has 0 aliphatic carbocycles. The van der Waals surface area contributed by atoms with E-state index in [1.54, 1.807) is 54.7 Å². The van der Waals surface area contributed by atoms with E-state index in [-0.39, 0.29) is 11.8 Å². The Balaban J connectivity index is 1.52. The van der Waals surface area contributed by atoms with Crippen molar-refractivity contribution in [1.82, 2.24) is 14.9 Å². The van der Waals surface area contributed by atoms with Crippen molar-refractivity contribution in [2.75, 3.05) is 25.1 Å².